The van der Waals surface area contributed by atoms with Gasteiger partial charge < -0.3 is 4.74 Å². The number of morpholine rings is 1. The molecule has 0 spiro atoms. The summed E-state index contributed by atoms with van der Waals surface area (Å²) in [6.07, 6.45) is 4.19. The molecule has 2 atom stereocenters. The zero-order chi connectivity index (χ0) is 13.7. The van der Waals surface area contributed by atoms with Crippen molar-refractivity contribution in [3.63, 3.8) is 0 Å². The first kappa shape index (κ1) is 14.2. The lowest BCUT2D eigenvalue weighted by Gasteiger charge is -2.37. The maximum absolute atomic E-state index is 12.9. The summed E-state index contributed by atoms with van der Waals surface area (Å²) in [5, 5.41) is 0. The third-order valence-corrected chi connectivity index (χ3v) is 3.75. The monoisotopic (exact) mass is 263 g/mol. The lowest BCUT2D eigenvalue weighted by molar-refractivity contribution is -0.0434. The summed E-state index contributed by atoms with van der Waals surface area (Å²) in [4.78, 5) is 2.45. The highest BCUT2D eigenvalue weighted by atomic mass is 19.1. The van der Waals surface area contributed by atoms with E-state index in [1.165, 1.54) is 12.1 Å². The predicted molar refractivity (Wildman–Crippen MR) is 75.6 cm³/mol. The van der Waals surface area contributed by atoms with Crippen LogP contribution in [0.5, 0.6) is 0 Å². The van der Waals surface area contributed by atoms with E-state index in [0.717, 1.165) is 38.1 Å². The number of nitrogens with zero attached hydrogens (tertiary/aromatic N) is 1. The lowest BCUT2D eigenvalue weighted by atomic mass is 10.1. The molecule has 0 radical (unpaired) electrons. The molecule has 2 rings (SSSR count). The number of hydrogen-bond donors (Lipinski definition) is 0. The Morgan fingerprint density at radius 2 is 2.21 bits per heavy atom. The highest BCUT2D eigenvalue weighted by molar-refractivity contribution is 5.19. The number of hydrogen-bond acceptors (Lipinski definition) is 2. The first-order valence-electron chi connectivity index (χ1n) is 6.92. The Bertz CT molecular complexity index is 404. The van der Waals surface area contributed by atoms with E-state index in [1.807, 2.05) is 18.2 Å². The third kappa shape index (κ3) is 3.88. The van der Waals surface area contributed by atoms with Crippen LogP contribution in [0.2, 0.25) is 0 Å². The van der Waals surface area contributed by atoms with Gasteiger partial charge in [0.1, 0.15) is 5.82 Å². The second kappa shape index (κ2) is 6.83. The molecule has 3 heteroatoms. The van der Waals surface area contributed by atoms with Crippen LogP contribution < -0.4 is 0 Å². The van der Waals surface area contributed by atoms with E-state index < -0.39 is 0 Å². The molecule has 2 nitrogen and oxygen atoms in total. The average molecular weight is 263 g/mol. The van der Waals surface area contributed by atoms with Crippen LogP contribution >= 0.6 is 0 Å². The summed E-state index contributed by atoms with van der Waals surface area (Å²) in [6, 6.07) is 7.16. The molecule has 0 amide bonds. The van der Waals surface area contributed by atoms with Gasteiger partial charge in [-0.05, 0) is 37.5 Å². The first-order chi connectivity index (χ1) is 9.20. The van der Waals surface area contributed by atoms with E-state index in [9.17, 15) is 4.39 Å². The Labute approximate surface area is 114 Å². The molecule has 19 heavy (non-hydrogen) atoms. The summed E-state index contributed by atoms with van der Waals surface area (Å²) in [7, 11) is 0. The number of benzene rings is 1. The highest BCUT2D eigenvalue weighted by Gasteiger charge is 2.24. The number of allylic oxidation sites excluding steroid dienone is 1. The van der Waals surface area contributed by atoms with Gasteiger partial charge in [0.2, 0.25) is 0 Å². The average Bonchev–Trinajstić information content (AvgIpc) is 2.45. The van der Waals surface area contributed by atoms with Crippen molar-refractivity contribution >= 4 is 0 Å². The van der Waals surface area contributed by atoms with Gasteiger partial charge in [-0.25, -0.2) is 4.39 Å². The number of ether oxygens (including phenoxy) is 1. The van der Waals surface area contributed by atoms with Crippen molar-refractivity contribution in [1.29, 1.82) is 0 Å². The molecule has 0 N–H and O–H groups in total. The van der Waals surface area contributed by atoms with Gasteiger partial charge in [0.15, 0.2) is 0 Å². The summed E-state index contributed by atoms with van der Waals surface area (Å²) < 4.78 is 18.7. The van der Waals surface area contributed by atoms with Gasteiger partial charge >= 0.3 is 0 Å². The fourth-order valence-corrected chi connectivity index (χ4v) is 2.49. The third-order valence-electron chi connectivity index (χ3n) is 3.75. The van der Waals surface area contributed by atoms with E-state index in [0.29, 0.717) is 6.04 Å². The second-order valence-electron chi connectivity index (χ2n) is 5.12. The van der Waals surface area contributed by atoms with Crippen LogP contribution in [0, 0.1) is 5.82 Å². The summed E-state index contributed by atoms with van der Waals surface area (Å²) >= 11 is 0. The van der Waals surface area contributed by atoms with Crippen LogP contribution in [0.15, 0.2) is 36.9 Å². The molecule has 1 saturated heterocycles. The van der Waals surface area contributed by atoms with E-state index in [1.54, 1.807) is 0 Å². The highest BCUT2D eigenvalue weighted by Crippen LogP contribution is 2.24. The molecule has 1 aliphatic heterocycles. The smallest absolute Gasteiger partial charge is 0.123 e. The van der Waals surface area contributed by atoms with Crippen molar-refractivity contribution in [2.75, 3.05) is 19.7 Å². The van der Waals surface area contributed by atoms with Crippen LogP contribution in [0.1, 0.15) is 31.4 Å². The molecule has 1 aromatic rings. The maximum atomic E-state index is 12.9. The summed E-state index contributed by atoms with van der Waals surface area (Å²) in [5.41, 5.74) is 1.06. The lowest BCUT2D eigenvalue weighted by Crippen LogP contribution is -2.43. The number of halogens is 1. The Morgan fingerprint density at radius 3 is 2.89 bits per heavy atom. The van der Waals surface area contributed by atoms with Gasteiger partial charge in [-0.1, -0.05) is 18.2 Å². The van der Waals surface area contributed by atoms with E-state index >= 15 is 0 Å². The van der Waals surface area contributed by atoms with Gasteiger partial charge in [-0.15, -0.1) is 6.58 Å². The van der Waals surface area contributed by atoms with Crippen LogP contribution in [-0.2, 0) is 4.74 Å². The molecule has 1 heterocycles. The second-order valence-corrected chi connectivity index (χ2v) is 5.12. The predicted octanol–water partition coefficient (Wildman–Crippen LogP) is 3.55. The minimum atomic E-state index is -0.198. The van der Waals surface area contributed by atoms with Crippen molar-refractivity contribution in [1.82, 2.24) is 4.90 Å². The van der Waals surface area contributed by atoms with Crippen LogP contribution in [-0.4, -0.2) is 30.6 Å². The van der Waals surface area contributed by atoms with Crippen LogP contribution in [0.25, 0.3) is 0 Å². The molecule has 1 aromatic carbocycles. The molecule has 1 fully saturated rings. The zero-order valence-corrected chi connectivity index (χ0v) is 11.5. The fourth-order valence-electron chi connectivity index (χ4n) is 2.49. The van der Waals surface area contributed by atoms with Gasteiger partial charge in [0, 0.05) is 19.1 Å². The normalized spacial score (nSPS) is 22.1. The molecule has 0 saturated carbocycles. The zero-order valence-electron chi connectivity index (χ0n) is 11.5. The van der Waals surface area contributed by atoms with Gasteiger partial charge in [-0.2, -0.15) is 0 Å². The largest absolute Gasteiger partial charge is 0.371 e. The summed E-state index contributed by atoms with van der Waals surface area (Å²) in [5.74, 6) is -0.198. The van der Waals surface area contributed by atoms with Gasteiger partial charge in [-0.3, -0.25) is 4.90 Å². The molecule has 1 aliphatic rings. The van der Waals surface area contributed by atoms with E-state index in [-0.39, 0.29) is 11.9 Å². The molecule has 0 unspecified atom stereocenters. The van der Waals surface area contributed by atoms with Gasteiger partial charge in [0.05, 0.1) is 12.7 Å². The van der Waals surface area contributed by atoms with Crippen LogP contribution in [0.3, 0.4) is 0 Å². The first-order valence-corrected chi connectivity index (χ1v) is 6.92. The Morgan fingerprint density at radius 1 is 1.47 bits per heavy atom. The summed E-state index contributed by atoms with van der Waals surface area (Å²) in [6.45, 7) is 8.60. The van der Waals surface area contributed by atoms with Gasteiger partial charge in [0.25, 0.3) is 0 Å². The van der Waals surface area contributed by atoms with Crippen LogP contribution in [0.4, 0.5) is 4.39 Å². The van der Waals surface area contributed by atoms with Crippen molar-refractivity contribution in [3.05, 3.63) is 48.3 Å². The maximum Gasteiger partial charge on any atom is 0.123 e. The molecule has 0 aromatic heterocycles. The molecular formula is C16H22FNO. The Hall–Kier alpha value is -1.19. The SMILES string of the molecule is C=CCC[C@@H](C)N1CCO[C@H](c2ccc(F)cc2)C1. The molecule has 0 bridgehead atoms. The fraction of sp³-hybridized carbons (Fsp3) is 0.500. The minimum absolute atomic E-state index is 0.0560. The van der Waals surface area contributed by atoms with Crippen molar-refractivity contribution < 1.29 is 9.13 Å². The van der Waals surface area contributed by atoms with E-state index in [4.69, 9.17) is 4.74 Å². The molecule has 104 valence electrons. The Kier molecular flexibility index (Phi) is 5.11. The topological polar surface area (TPSA) is 12.5 Å². The van der Waals surface area contributed by atoms with Crippen molar-refractivity contribution in [2.24, 2.45) is 0 Å². The molecular weight excluding hydrogens is 241 g/mol. The number of rotatable bonds is 5. The van der Waals surface area contributed by atoms with Crippen molar-refractivity contribution in [3.8, 4) is 0 Å². The quantitative estimate of drug-likeness (QED) is 0.753. The standard InChI is InChI=1S/C16H22FNO/c1-3-4-5-13(2)18-10-11-19-16(12-18)14-6-8-15(17)9-7-14/h3,6-9,13,16H,1,4-5,10-12H2,2H3/t13-,16+/m1/s1. The molecule has 0 aliphatic carbocycles. The Balaban J connectivity index is 1.96. The van der Waals surface area contributed by atoms with E-state index in [2.05, 4.69) is 18.4 Å². The minimum Gasteiger partial charge on any atom is -0.371 e. The van der Waals surface area contributed by atoms with Crippen molar-refractivity contribution in [2.45, 2.75) is 31.9 Å².